The van der Waals surface area contributed by atoms with Crippen LogP contribution >= 0.6 is 11.6 Å². The summed E-state index contributed by atoms with van der Waals surface area (Å²) in [5.74, 6) is 0.0999. The Kier molecular flexibility index (Phi) is 4.58. The van der Waals surface area contributed by atoms with Gasteiger partial charge >= 0.3 is 0 Å². The second-order valence-electron chi connectivity index (χ2n) is 5.02. The molecule has 0 aromatic heterocycles. The number of benzene rings is 1. The van der Waals surface area contributed by atoms with E-state index in [1.54, 1.807) is 6.07 Å². The quantitative estimate of drug-likeness (QED) is 0.838. The van der Waals surface area contributed by atoms with Crippen molar-refractivity contribution < 1.29 is 13.5 Å². The van der Waals surface area contributed by atoms with E-state index in [1.807, 2.05) is 0 Å². The molecule has 0 aliphatic heterocycles. The Bertz CT molecular complexity index is 539. The maximum Gasteiger partial charge on any atom is 0.233 e. The molecule has 2 rings (SSSR count). The molecule has 0 atom stereocenters. The topological polar surface area (TPSA) is 66.4 Å². The van der Waals surface area contributed by atoms with Crippen LogP contribution in [0.2, 0.25) is 5.02 Å². The number of phenolic OH excluding ortho intramolecular Hbond substituents is 1. The zero-order valence-electron chi connectivity index (χ0n) is 10.6. The van der Waals surface area contributed by atoms with Crippen molar-refractivity contribution in [1.82, 2.24) is 0 Å². The van der Waals surface area contributed by atoms with Crippen LogP contribution in [-0.2, 0) is 10.0 Å². The van der Waals surface area contributed by atoms with Gasteiger partial charge in [-0.15, -0.1) is 0 Å². The lowest BCUT2D eigenvalue weighted by atomic mass is 9.91. The van der Waals surface area contributed by atoms with Crippen LogP contribution in [-0.4, -0.2) is 19.3 Å². The van der Waals surface area contributed by atoms with Crippen LogP contribution in [0.3, 0.4) is 0 Å². The number of halogens is 1. The number of rotatable bonds is 4. The van der Waals surface area contributed by atoms with Gasteiger partial charge in [0.15, 0.2) is 5.75 Å². The number of nitrogens with one attached hydrogen (secondary N) is 1. The van der Waals surface area contributed by atoms with Crippen molar-refractivity contribution >= 4 is 27.3 Å². The molecule has 0 heterocycles. The Morgan fingerprint density at radius 3 is 2.63 bits per heavy atom. The highest BCUT2D eigenvalue weighted by Gasteiger charge is 2.22. The molecule has 0 radical (unpaired) electrons. The normalized spacial score (nSPS) is 17.3. The van der Waals surface area contributed by atoms with Crippen LogP contribution in [0, 0.1) is 5.92 Å². The number of phenols is 1. The van der Waals surface area contributed by atoms with E-state index >= 15 is 0 Å². The number of anilines is 1. The first-order valence-corrected chi connectivity index (χ1v) is 8.49. The third kappa shape index (κ3) is 4.01. The summed E-state index contributed by atoms with van der Waals surface area (Å²) >= 11 is 5.75. The van der Waals surface area contributed by atoms with E-state index < -0.39 is 10.0 Å². The molecular weight excluding hydrogens is 286 g/mol. The highest BCUT2D eigenvalue weighted by Crippen LogP contribution is 2.32. The van der Waals surface area contributed by atoms with Gasteiger partial charge in [-0.25, -0.2) is 8.42 Å². The third-order valence-corrected chi connectivity index (χ3v) is 5.18. The first-order valence-electron chi connectivity index (χ1n) is 6.46. The van der Waals surface area contributed by atoms with E-state index in [9.17, 15) is 13.5 Å². The van der Waals surface area contributed by atoms with Gasteiger partial charge in [-0.05, 0) is 30.9 Å². The maximum atomic E-state index is 12.1. The molecule has 1 saturated carbocycles. The van der Waals surface area contributed by atoms with Gasteiger partial charge in [-0.2, -0.15) is 0 Å². The van der Waals surface area contributed by atoms with Crippen molar-refractivity contribution in [3.05, 3.63) is 23.2 Å². The molecular formula is C13H18ClNO3S. The van der Waals surface area contributed by atoms with E-state index in [0.717, 1.165) is 25.7 Å². The Labute approximate surface area is 118 Å². The Morgan fingerprint density at radius 1 is 1.26 bits per heavy atom. The van der Waals surface area contributed by atoms with E-state index in [2.05, 4.69) is 4.72 Å². The summed E-state index contributed by atoms with van der Waals surface area (Å²) < 4.78 is 26.5. The van der Waals surface area contributed by atoms with Gasteiger partial charge in [-0.1, -0.05) is 36.9 Å². The summed E-state index contributed by atoms with van der Waals surface area (Å²) in [5.41, 5.74) is 0.142. The number of hydrogen-bond acceptors (Lipinski definition) is 3. The average Bonchev–Trinajstić information content (AvgIpc) is 2.35. The van der Waals surface area contributed by atoms with Gasteiger partial charge in [0.25, 0.3) is 0 Å². The summed E-state index contributed by atoms with van der Waals surface area (Å²) in [6.45, 7) is 0. The lowest BCUT2D eigenvalue weighted by molar-refractivity contribution is 0.385. The molecule has 0 amide bonds. The van der Waals surface area contributed by atoms with Crippen molar-refractivity contribution in [2.75, 3.05) is 10.5 Å². The van der Waals surface area contributed by atoms with Gasteiger partial charge in [0, 0.05) is 0 Å². The van der Waals surface area contributed by atoms with E-state index in [4.69, 9.17) is 11.6 Å². The minimum atomic E-state index is -3.44. The predicted octanol–water partition coefficient (Wildman–Crippen LogP) is 3.37. The smallest absolute Gasteiger partial charge is 0.233 e. The van der Waals surface area contributed by atoms with Crippen LogP contribution in [0.1, 0.15) is 32.1 Å². The molecule has 0 bridgehead atoms. The second kappa shape index (κ2) is 6.01. The first-order chi connectivity index (χ1) is 8.98. The van der Waals surface area contributed by atoms with Crippen LogP contribution in [0.5, 0.6) is 5.75 Å². The van der Waals surface area contributed by atoms with E-state index in [0.29, 0.717) is 0 Å². The van der Waals surface area contributed by atoms with Gasteiger partial charge in [-0.3, -0.25) is 4.72 Å². The Hall–Kier alpha value is -0.940. The summed E-state index contributed by atoms with van der Waals surface area (Å²) in [7, 11) is -3.44. The minimum Gasteiger partial charge on any atom is -0.504 e. The van der Waals surface area contributed by atoms with Crippen LogP contribution in [0.15, 0.2) is 18.2 Å². The average molecular weight is 304 g/mol. The van der Waals surface area contributed by atoms with Crippen molar-refractivity contribution in [2.45, 2.75) is 32.1 Å². The molecule has 1 aromatic rings. The molecule has 1 aliphatic rings. The van der Waals surface area contributed by atoms with Crippen molar-refractivity contribution in [1.29, 1.82) is 0 Å². The van der Waals surface area contributed by atoms with Gasteiger partial charge in [0.2, 0.25) is 10.0 Å². The lowest BCUT2D eigenvalue weighted by Crippen LogP contribution is -2.24. The fourth-order valence-corrected chi connectivity index (χ4v) is 4.18. The van der Waals surface area contributed by atoms with Gasteiger partial charge in [0.1, 0.15) is 0 Å². The standard InChI is InChI=1S/C13H18ClNO3S/c14-11-7-4-8-12(13(11)16)15-19(17,18)9-10-5-2-1-3-6-10/h4,7-8,10,15-16H,1-3,5-6,9H2. The van der Waals surface area contributed by atoms with Crippen molar-refractivity contribution in [3.8, 4) is 5.75 Å². The maximum absolute atomic E-state index is 12.1. The fraction of sp³-hybridized carbons (Fsp3) is 0.538. The molecule has 1 fully saturated rings. The molecule has 4 nitrogen and oxygen atoms in total. The van der Waals surface area contributed by atoms with Gasteiger partial charge in [0.05, 0.1) is 16.5 Å². The van der Waals surface area contributed by atoms with E-state index in [-0.39, 0.29) is 28.1 Å². The number of hydrogen-bond donors (Lipinski definition) is 2. The lowest BCUT2D eigenvalue weighted by Gasteiger charge is -2.21. The Morgan fingerprint density at radius 2 is 1.95 bits per heavy atom. The zero-order chi connectivity index (χ0) is 13.9. The third-order valence-electron chi connectivity index (χ3n) is 3.43. The predicted molar refractivity (Wildman–Crippen MR) is 77.1 cm³/mol. The summed E-state index contributed by atoms with van der Waals surface area (Å²) in [5, 5.41) is 9.84. The number of para-hydroxylation sites is 1. The van der Waals surface area contributed by atoms with Crippen LogP contribution in [0.4, 0.5) is 5.69 Å². The van der Waals surface area contributed by atoms with E-state index in [1.165, 1.54) is 18.6 Å². The molecule has 19 heavy (non-hydrogen) atoms. The molecule has 6 heteroatoms. The fourth-order valence-electron chi connectivity index (χ4n) is 2.47. The zero-order valence-corrected chi connectivity index (χ0v) is 12.2. The monoisotopic (exact) mass is 303 g/mol. The van der Waals surface area contributed by atoms with Crippen LogP contribution in [0.25, 0.3) is 0 Å². The first kappa shape index (κ1) is 14.5. The van der Waals surface area contributed by atoms with Crippen molar-refractivity contribution in [3.63, 3.8) is 0 Å². The summed E-state index contributed by atoms with van der Waals surface area (Å²) in [6, 6.07) is 4.61. The second-order valence-corrected chi connectivity index (χ2v) is 7.20. The number of aromatic hydroxyl groups is 1. The summed E-state index contributed by atoms with van der Waals surface area (Å²) in [6.07, 6.45) is 5.31. The minimum absolute atomic E-state index is 0.110. The highest BCUT2D eigenvalue weighted by molar-refractivity contribution is 7.92. The van der Waals surface area contributed by atoms with Crippen LogP contribution < -0.4 is 4.72 Å². The highest BCUT2D eigenvalue weighted by atomic mass is 35.5. The molecule has 1 aromatic carbocycles. The molecule has 0 unspecified atom stereocenters. The molecule has 2 N–H and O–H groups in total. The molecule has 0 saturated heterocycles. The summed E-state index contributed by atoms with van der Waals surface area (Å²) in [4.78, 5) is 0. The van der Waals surface area contributed by atoms with Crippen molar-refractivity contribution in [2.24, 2.45) is 5.92 Å². The Balaban J connectivity index is 2.06. The molecule has 0 spiro atoms. The molecule has 1 aliphatic carbocycles. The largest absolute Gasteiger partial charge is 0.504 e. The van der Waals surface area contributed by atoms with Gasteiger partial charge < -0.3 is 5.11 Å². The number of sulfonamides is 1. The molecule has 106 valence electrons. The SMILES string of the molecule is O=S(=O)(CC1CCCCC1)Nc1cccc(Cl)c1O.